The summed E-state index contributed by atoms with van der Waals surface area (Å²) in [7, 11) is -3.85. The Hall–Kier alpha value is -2.71. The molecule has 8 heteroatoms. The molecule has 2 N–H and O–H groups in total. The Kier molecular flexibility index (Phi) is 6.34. The lowest BCUT2D eigenvalue weighted by Crippen LogP contribution is -2.49. The van der Waals surface area contributed by atoms with Crippen LogP contribution in [-0.4, -0.2) is 44.2 Å². The third kappa shape index (κ3) is 4.83. The fourth-order valence-corrected chi connectivity index (χ4v) is 4.54. The molecule has 7 nitrogen and oxygen atoms in total. The van der Waals surface area contributed by atoms with Crippen LogP contribution < -0.4 is 10.6 Å². The van der Waals surface area contributed by atoms with Crippen molar-refractivity contribution in [2.45, 2.75) is 31.1 Å². The first-order chi connectivity index (χ1) is 13.8. The Labute approximate surface area is 171 Å². The number of piperazine rings is 1. The highest BCUT2D eigenvalue weighted by Crippen LogP contribution is 2.22. The van der Waals surface area contributed by atoms with Crippen molar-refractivity contribution in [1.29, 1.82) is 0 Å². The maximum absolute atomic E-state index is 12.8. The number of hydrogen-bond donors (Lipinski definition) is 2. The van der Waals surface area contributed by atoms with Crippen LogP contribution in [0.4, 0.5) is 5.69 Å². The fourth-order valence-electron chi connectivity index (χ4n) is 3.10. The second kappa shape index (κ2) is 8.75. The standard InChI is InChI=1S/C21H25N3O4S/c1-3-15(2)16-7-9-18(10-8-16)23-21(26)17-5-4-6-19(13-17)29(27,28)24-12-11-22-20(25)14-24/h4-10,13,15H,3,11-12,14H2,1-2H3,(H,22,25)(H,23,26)/t15-/m0/s1. The second-order valence-corrected chi connectivity index (χ2v) is 9.04. The molecule has 0 aliphatic carbocycles. The zero-order valence-electron chi connectivity index (χ0n) is 16.5. The molecule has 1 heterocycles. The molecule has 154 valence electrons. The Bertz CT molecular complexity index is 1000. The summed E-state index contributed by atoms with van der Waals surface area (Å²) in [5.41, 5.74) is 2.07. The van der Waals surface area contributed by atoms with Gasteiger partial charge in [-0.2, -0.15) is 4.31 Å². The van der Waals surface area contributed by atoms with Gasteiger partial charge in [-0.15, -0.1) is 0 Å². The van der Waals surface area contributed by atoms with Crippen LogP contribution in [0.25, 0.3) is 0 Å². The normalized spacial score (nSPS) is 16.1. The van der Waals surface area contributed by atoms with Gasteiger partial charge in [-0.25, -0.2) is 8.42 Å². The largest absolute Gasteiger partial charge is 0.354 e. The number of hydrogen-bond acceptors (Lipinski definition) is 4. The van der Waals surface area contributed by atoms with Gasteiger partial charge in [-0.05, 0) is 48.2 Å². The van der Waals surface area contributed by atoms with Crippen molar-refractivity contribution in [3.05, 3.63) is 59.7 Å². The van der Waals surface area contributed by atoms with Gasteiger partial charge in [0.05, 0.1) is 11.4 Å². The molecule has 3 rings (SSSR count). The zero-order valence-corrected chi connectivity index (χ0v) is 17.3. The van der Waals surface area contributed by atoms with Crippen molar-refractivity contribution in [1.82, 2.24) is 9.62 Å². The summed E-state index contributed by atoms with van der Waals surface area (Å²) in [6, 6.07) is 13.5. The highest BCUT2D eigenvalue weighted by atomic mass is 32.2. The average Bonchev–Trinajstić information content (AvgIpc) is 2.73. The first-order valence-corrected chi connectivity index (χ1v) is 11.0. The number of carbonyl (C=O) groups is 2. The molecule has 0 unspecified atom stereocenters. The number of rotatable bonds is 6. The van der Waals surface area contributed by atoms with Gasteiger partial charge in [-0.3, -0.25) is 9.59 Å². The maximum atomic E-state index is 12.8. The van der Waals surface area contributed by atoms with Crippen LogP contribution in [0, 0.1) is 0 Å². The topological polar surface area (TPSA) is 95.6 Å². The first kappa shape index (κ1) is 21.0. The van der Waals surface area contributed by atoms with E-state index in [1.165, 1.54) is 23.8 Å². The van der Waals surface area contributed by atoms with Gasteiger partial charge in [-0.1, -0.05) is 32.0 Å². The van der Waals surface area contributed by atoms with Crippen LogP contribution in [0.15, 0.2) is 53.4 Å². The van der Waals surface area contributed by atoms with Gasteiger partial charge in [0.2, 0.25) is 15.9 Å². The molecule has 29 heavy (non-hydrogen) atoms. The van der Waals surface area contributed by atoms with Crippen LogP contribution in [0.2, 0.25) is 0 Å². The predicted molar refractivity (Wildman–Crippen MR) is 111 cm³/mol. The van der Waals surface area contributed by atoms with Crippen molar-refractivity contribution in [2.24, 2.45) is 0 Å². The minimum Gasteiger partial charge on any atom is -0.354 e. The summed E-state index contributed by atoms with van der Waals surface area (Å²) < 4.78 is 26.7. The molecular formula is C21H25N3O4S. The second-order valence-electron chi connectivity index (χ2n) is 7.10. The number of nitrogens with one attached hydrogen (secondary N) is 2. The Morgan fingerprint density at radius 1 is 1.21 bits per heavy atom. The molecule has 0 saturated carbocycles. The number of amides is 2. The van der Waals surface area contributed by atoms with E-state index in [0.717, 1.165) is 10.7 Å². The lowest BCUT2D eigenvalue weighted by atomic mass is 9.98. The minimum atomic E-state index is -3.85. The number of sulfonamides is 1. The first-order valence-electron chi connectivity index (χ1n) is 9.59. The van der Waals surface area contributed by atoms with Gasteiger partial charge < -0.3 is 10.6 Å². The van der Waals surface area contributed by atoms with E-state index in [4.69, 9.17) is 0 Å². The SMILES string of the molecule is CC[C@H](C)c1ccc(NC(=O)c2cccc(S(=O)(=O)N3CCNC(=O)C3)c2)cc1. The van der Waals surface area contributed by atoms with Crippen molar-refractivity contribution in [3.8, 4) is 0 Å². The van der Waals surface area contributed by atoms with E-state index in [0.29, 0.717) is 11.6 Å². The molecule has 1 aliphatic heterocycles. The van der Waals surface area contributed by atoms with Crippen molar-refractivity contribution in [3.63, 3.8) is 0 Å². The summed E-state index contributed by atoms with van der Waals surface area (Å²) in [6.07, 6.45) is 1.03. The van der Waals surface area contributed by atoms with Crippen LogP contribution in [0.5, 0.6) is 0 Å². The summed E-state index contributed by atoms with van der Waals surface area (Å²) >= 11 is 0. The minimum absolute atomic E-state index is 0.00744. The van der Waals surface area contributed by atoms with E-state index in [9.17, 15) is 18.0 Å². The molecule has 1 aliphatic rings. The number of nitrogens with zero attached hydrogens (tertiary/aromatic N) is 1. The van der Waals surface area contributed by atoms with E-state index in [1.54, 1.807) is 6.07 Å². The molecule has 2 amide bonds. The molecular weight excluding hydrogens is 390 g/mol. The molecule has 1 fully saturated rings. The van der Waals surface area contributed by atoms with E-state index in [2.05, 4.69) is 24.5 Å². The van der Waals surface area contributed by atoms with Gasteiger partial charge in [0.1, 0.15) is 0 Å². The van der Waals surface area contributed by atoms with Crippen molar-refractivity contribution >= 4 is 27.5 Å². The summed E-state index contributed by atoms with van der Waals surface area (Å²) in [5.74, 6) is -0.289. The van der Waals surface area contributed by atoms with E-state index in [-0.39, 0.29) is 36.0 Å². The number of benzene rings is 2. The number of carbonyl (C=O) groups excluding carboxylic acids is 2. The predicted octanol–water partition coefficient (Wildman–Crippen LogP) is 2.57. The molecule has 0 bridgehead atoms. The molecule has 1 atom stereocenters. The van der Waals surface area contributed by atoms with Crippen molar-refractivity contribution in [2.75, 3.05) is 25.0 Å². The van der Waals surface area contributed by atoms with E-state index in [1.807, 2.05) is 24.3 Å². The molecule has 2 aromatic carbocycles. The van der Waals surface area contributed by atoms with Crippen LogP contribution in [0.3, 0.4) is 0 Å². The quantitative estimate of drug-likeness (QED) is 0.758. The average molecular weight is 416 g/mol. The highest BCUT2D eigenvalue weighted by Gasteiger charge is 2.29. The van der Waals surface area contributed by atoms with Crippen LogP contribution >= 0.6 is 0 Å². The molecule has 2 aromatic rings. The Morgan fingerprint density at radius 3 is 2.59 bits per heavy atom. The third-order valence-corrected chi connectivity index (χ3v) is 6.93. The van der Waals surface area contributed by atoms with Crippen LogP contribution in [-0.2, 0) is 14.8 Å². The van der Waals surface area contributed by atoms with Crippen molar-refractivity contribution < 1.29 is 18.0 Å². The Morgan fingerprint density at radius 2 is 1.93 bits per heavy atom. The monoisotopic (exact) mass is 415 g/mol. The van der Waals surface area contributed by atoms with Gasteiger partial charge in [0.15, 0.2) is 0 Å². The third-order valence-electron chi connectivity index (χ3n) is 5.09. The lowest BCUT2D eigenvalue weighted by Gasteiger charge is -2.26. The van der Waals surface area contributed by atoms with Gasteiger partial charge in [0, 0.05) is 24.3 Å². The maximum Gasteiger partial charge on any atom is 0.255 e. The Balaban J connectivity index is 1.76. The summed E-state index contributed by atoms with van der Waals surface area (Å²) in [4.78, 5) is 24.1. The smallest absolute Gasteiger partial charge is 0.255 e. The van der Waals surface area contributed by atoms with E-state index < -0.39 is 15.9 Å². The summed E-state index contributed by atoms with van der Waals surface area (Å²) in [6.45, 7) is 4.52. The lowest BCUT2D eigenvalue weighted by molar-refractivity contribution is -0.122. The molecule has 0 radical (unpaired) electrons. The van der Waals surface area contributed by atoms with Gasteiger partial charge >= 0.3 is 0 Å². The number of anilines is 1. The zero-order chi connectivity index (χ0) is 21.0. The van der Waals surface area contributed by atoms with Gasteiger partial charge in [0.25, 0.3) is 5.91 Å². The molecule has 0 spiro atoms. The molecule has 0 aromatic heterocycles. The van der Waals surface area contributed by atoms with Crippen LogP contribution in [0.1, 0.15) is 42.1 Å². The fraction of sp³-hybridized carbons (Fsp3) is 0.333. The summed E-state index contributed by atoms with van der Waals surface area (Å²) in [5, 5.41) is 5.39. The van der Waals surface area contributed by atoms with E-state index >= 15 is 0 Å². The highest BCUT2D eigenvalue weighted by molar-refractivity contribution is 7.89. The molecule has 1 saturated heterocycles.